The van der Waals surface area contributed by atoms with Gasteiger partial charge in [-0.25, -0.2) is 4.39 Å². The van der Waals surface area contributed by atoms with Gasteiger partial charge in [0.1, 0.15) is 0 Å². The molecule has 1 N–H and O–H groups in total. The van der Waals surface area contributed by atoms with Crippen molar-refractivity contribution in [3.05, 3.63) is 29.3 Å². The van der Waals surface area contributed by atoms with Crippen LogP contribution >= 0.6 is 0 Å². The first-order valence-corrected chi connectivity index (χ1v) is 7.51. The van der Waals surface area contributed by atoms with Gasteiger partial charge in [-0.05, 0) is 18.6 Å². The fourth-order valence-corrected chi connectivity index (χ4v) is 3.53. The van der Waals surface area contributed by atoms with Crippen molar-refractivity contribution in [1.82, 2.24) is 5.32 Å². The van der Waals surface area contributed by atoms with Gasteiger partial charge < -0.3 is 19.5 Å². The van der Waals surface area contributed by atoms with Crippen LogP contribution in [0, 0.1) is 23.5 Å². The van der Waals surface area contributed by atoms with Crippen LogP contribution in [0.15, 0.2) is 12.1 Å². The highest BCUT2D eigenvalue weighted by atomic mass is 19.2. The number of hydrogen-bond acceptors (Lipinski definition) is 4. The topological polar surface area (TPSA) is 56.8 Å². The van der Waals surface area contributed by atoms with Crippen LogP contribution in [-0.2, 0) is 9.47 Å². The molecular weight excluding hydrogens is 308 g/mol. The summed E-state index contributed by atoms with van der Waals surface area (Å²) in [7, 11) is 2.82. The third-order valence-electron chi connectivity index (χ3n) is 4.70. The van der Waals surface area contributed by atoms with Crippen LogP contribution in [-0.4, -0.2) is 45.5 Å². The van der Waals surface area contributed by atoms with E-state index in [4.69, 9.17) is 14.2 Å². The first-order valence-electron chi connectivity index (χ1n) is 7.51. The molecular formula is C16H19F2NO4. The molecule has 2 aliphatic rings. The molecule has 23 heavy (non-hydrogen) atoms. The minimum Gasteiger partial charge on any atom is -0.494 e. The molecule has 7 heteroatoms. The highest BCUT2D eigenvalue weighted by Crippen LogP contribution is 2.43. The first kappa shape index (κ1) is 16.1. The molecule has 1 amide bonds. The third-order valence-corrected chi connectivity index (χ3v) is 4.70. The second-order valence-corrected chi connectivity index (χ2v) is 5.85. The van der Waals surface area contributed by atoms with Crippen LogP contribution < -0.4 is 10.1 Å². The molecule has 5 nitrogen and oxygen atoms in total. The fourth-order valence-electron chi connectivity index (χ4n) is 3.53. The summed E-state index contributed by atoms with van der Waals surface area (Å²) in [6, 6.07) is 2.31. The summed E-state index contributed by atoms with van der Waals surface area (Å²) < 4.78 is 43.3. The van der Waals surface area contributed by atoms with E-state index in [1.165, 1.54) is 19.2 Å². The number of hydrogen-bond donors (Lipinski definition) is 1. The van der Waals surface area contributed by atoms with Crippen LogP contribution in [0.5, 0.6) is 5.75 Å². The Bertz CT molecular complexity index is 610. The molecule has 1 aliphatic heterocycles. The maximum absolute atomic E-state index is 14.0. The zero-order valence-electron chi connectivity index (χ0n) is 13.0. The number of amides is 1. The van der Waals surface area contributed by atoms with Crippen LogP contribution in [0.3, 0.4) is 0 Å². The van der Waals surface area contributed by atoms with Crippen LogP contribution in [0.1, 0.15) is 16.8 Å². The zero-order valence-corrected chi connectivity index (χ0v) is 13.0. The number of fused-ring (bicyclic) bond motifs is 1. The minimum atomic E-state index is -1.20. The molecule has 1 aliphatic carbocycles. The molecule has 4 atom stereocenters. The number of benzene rings is 1. The average molecular weight is 327 g/mol. The molecule has 0 unspecified atom stereocenters. The van der Waals surface area contributed by atoms with Crippen molar-refractivity contribution in [3.63, 3.8) is 0 Å². The Morgan fingerprint density at radius 1 is 1.35 bits per heavy atom. The van der Waals surface area contributed by atoms with Crippen molar-refractivity contribution in [2.75, 3.05) is 27.4 Å². The lowest BCUT2D eigenvalue weighted by atomic mass is 9.67. The van der Waals surface area contributed by atoms with Crippen LogP contribution in [0.2, 0.25) is 0 Å². The summed E-state index contributed by atoms with van der Waals surface area (Å²) in [6.07, 6.45) is 0.910. The van der Waals surface area contributed by atoms with E-state index < -0.39 is 17.5 Å². The summed E-state index contributed by atoms with van der Waals surface area (Å²) >= 11 is 0. The molecule has 1 saturated carbocycles. The maximum atomic E-state index is 14.0. The van der Waals surface area contributed by atoms with Gasteiger partial charge in [-0.1, -0.05) is 0 Å². The second-order valence-electron chi connectivity index (χ2n) is 5.85. The summed E-state index contributed by atoms with van der Waals surface area (Å²) in [4.78, 5) is 12.3. The minimum absolute atomic E-state index is 0.0302. The van der Waals surface area contributed by atoms with E-state index in [0.717, 1.165) is 6.42 Å². The van der Waals surface area contributed by atoms with E-state index in [1.807, 2.05) is 0 Å². The Kier molecular flexibility index (Phi) is 4.50. The SMILES string of the molecule is COC[C@H]1[C@H](NC(=O)c2ccc(OC)c(F)c2F)[C@H]2CCO[C@H]21. The van der Waals surface area contributed by atoms with Gasteiger partial charge >= 0.3 is 0 Å². The lowest BCUT2D eigenvalue weighted by molar-refractivity contribution is -0.0810. The Morgan fingerprint density at radius 3 is 2.83 bits per heavy atom. The van der Waals surface area contributed by atoms with Gasteiger partial charge in [0.2, 0.25) is 5.82 Å². The summed E-state index contributed by atoms with van der Waals surface area (Å²) in [6.45, 7) is 1.10. The van der Waals surface area contributed by atoms with Gasteiger partial charge in [-0.3, -0.25) is 4.79 Å². The molecule has 1 aromatic rings. The molecule has 0 bridgehead atoms. The van der Waals surface area contributed by atoms with Gasteiger partial charge in [-0.2, -0.15) is 4.39 Å². The average Bonchev–Trinajstić information content (AvgIpc) is 2.97. The normalized spacial score (nSPS) is 28.9. The maximum Gasteiger partial charge on any atom is 0.254 e. The molecule has 0 aromatic heterocycles. The molecule has 0 spiro atoms. The van der Waals surface area contributed by atoms with Gasteiger partial charge in [0.15, 0.2) is 11.6 Å². The van der Waals surface area contributed by atoms with Gasteiger partial charge in [0, 0.05) is 31.6 Å². The second kappa shape index (κ2) is 6.41. The zero-order chi connectivity index (χ0) is 16.6. The van der Waals surface area contributed by atoms with Crippen molar-refractivity contribution in [1.29, 1.82) is 0 Å². The number of halogens is 2. The standard InChI is InChI=1S/C16H19F2NO4/c1-21-7-10-14(9-5-6-23-15(9)10)19-16(20)8-3-4-11(22-2)13(18)12(8)17/h3-4,9-10,14-15H,5-7H2,1-2H3,(H,19,20)/t9-,10+,14-,15-/m1/s1. The van der Waals surface area contributed by atoms with Crippen LogP contribution in [0.4, 0.5) is 8.78 Å². The van der Waals surface area contributed by atoms with Crippen LogP contribution in [0.25, 0.3) is 0 Å². The van der Waals surface area contributed by atoms with Crippen molar-refractivity contribution in [2.45, 2.75) is 18.6 Å². The molecule has 126 valence electrons. The van der Waals surface area contributed by atoms with Gasteiger partial charge in [0.25, 0.3) is 5.91 Å². The number of carbonyl (C=O) groups excluding carboxylic acids is 1. The summed E-state index contributed by atoms with van der Waals surface area (Å²) in [5.74, 6) is -3.01. The van der Waals surface area contributed by atoms with E-state index in [1.54, 1.807) is 7.11 Å². The molecule has 1 aromatic carbocycles. The number of ether oxygens (including phenoxy) is 3. The Balaban J connectivity index is 1.75. The smallest absolute Gasteiger partial charge is 0.254 e. The lowest BCUT2D eigenvalue weighted by Gasteiger charge is -2.47. The predicted molar refractivity (Wildman–Crippen MR) is 77.4 cm³/mol. The van der Waals surface area contributed by atoms with Crippen molar-refractivity contribution >= 4 is 5.91 Å². The Labute approximate surface area is 132 Å². The molecule has 2 fully saturated rings. The number of carbonyl (C=O) groups is 1. The lowest BCUT2D eigenvalue weighted by Crippen LogP contribution is -2.62. The molecule has 3 rings (SSSR count). The molecule has 1 saturated heterocycles. The summed E-state index contributed by atoms with van der Waals surface area (Å²) in [5.41, 5.74) is -0.332. The van der Waals surface area contributed by atoms with E-state index in [9.17, 15) is 13.6 Å². The Morgan fingerprint density at radius 2 is 2.13 bits per heavy atom. The molecule has 0 radical (unpaired) electrons. The number of rotatable bonds is 5. The monoisotopic (exact) mass is 327 g/mol. The van der Waals surface area contributed by atoms with Crippen molar-refractivity contribution in [3.8, 4) is 5.75 Å². The van der Waals surface area contributed by atoms with E-state index in [-0.39, 0.29) is 35.3 Å². The van der Waals surface area contributed by atoms with Crippen molar-refractivity contribution < 1.29 is 27.8 Å². The highest BCUT2D eigenvalue weighted by Gasteiger charge is 2.54. The predicted octanol–water partition coefficient (Wildman–Crippen LogP) is 1.75. The number of methoxy groups -OCH3 is 2. The summed E-state index contributed by atoms with van der Waals surface area (Å²) in [5, 5.41) is 2.80. The Hall–Kier alpha value is -1.73. The van der Waals surface area contributed by atoms with E-state index in [0.29, 0.717) is 13.2 Å². The number of nitrogens with one attached hydrogen (secondary N) is 1. The van der Waals surface area contributed by atoms with Crippen molar-refractivity contribution in [2.24, 2.45) is 11.8 Å². The molecule has 1 heterocycles. The van der Waals surface area contributed by atoms with E-state index >= 15 is 0 Å². The quantitative estimate of drug-likeness (QED) is 0.895. The fraction of sp³-hybridized carbons (Fsp3) is 0.562. The van der Waals surface area contributed by atoms with Gasteiger partial charge in [-0.15, -0.1) is 0 Å². The first-order chi connectivity index (χ1) is 11.1. The van der Waals surface area contributed by atoms with E-state index in [2.05, 4.69) is 5.32 Å². The highest BCUT2D eigenvalue weighted by molar-refractivity contribution is 5.95. The third kappa shape index (κ3) is 2.68. The largest absolute Gasteiger partial charge is 0.494 e. The van der Waals surface area contributed by atoms with Gasteiger partial charge in [0.05, 0.1) is 25.4 Å².